The average Bonchev–Trinajstić information content (AvgIpc) is 3.17. The molecule has 0 aliphatic carbocycles. The van der Waals surface area contributed by atoms with Gasteiger partial charge in [0.25, 0.3) is 5.56 Å². The highest BCUT2D eigenvalue weighted by molar-refractivity contribution is 5.76. The molecule has 1 amide bonds. The molecule has 3 heterocycles. The summed E-state index contributed by atoms with van der Waals surface area (Å²) in [5.74, 6) is -0.0533. The van der Waals surface area contributed by atoms with Crippen LogP contribution in [-0.4, -0.2) is 30.2 Å². The van der Waals surface area contributed by atoms with E-state index in [1.54, 1.807) is 31.5 Å². The lowest BCUT2D eigenvalue weighted by Gasteiger charge is -2.10. The van der Waals surface area contributed by atoms with E-state index in [2.05, 4.69) is 20.4 Å². The summed E-state index contributed by atoms with van der Waals surface area (Å²) in [7, 11) is 0. The largest absolute Gasteiger partial charge is 0.352 e. The van der Waals surface area contributed by atoms with Gasteiger partial charge >= 0.3 is 0 Å². The molecule has 0 aliphatic heterocycles. The van der Waals surface area contributed by atoms with Crippen molar-refractivity contribution in [2.75, 3.05) is 0 Å². The second-order valence-corrected chi connectivity index (χ2v) is 6.77. The van der Waals surface area contributed by atoms with E-state index in [-0.39, 0.29) is 30.2 Å². The van der Waals surface area contributed by atoms with E-state index in [1.165, 1.54) is 27.6 Å². The zero-order valence-corrected chi connectivity index (χ0v) is 16.2. The van der Waals surface area contributed by atoms with Crippen LogP contribution in [0.5, 0.6) is 0 Å². The first kappa shape index (κ1) is 19.4. The predicted octanol–water partition coefficient (Wildman–Crippen LogP) is 2.13. The van der Waals surface area contributed by atoms with E-state index in [0.29, 0.717) is 29.1 Å². The van der Waals surface area contributed by atoms with Gasteiger partial charge in [0, 0.05) is 31.9 Å². The fourth-order valence-corrected chi connectivity index (χ4v) is 3.14. The second kappa shape index (κ2) is 8.24. The standard InChI is InChI=1S/C21H19FN6O2/c1-14-26-20-18(13-25-28(20)17-4-2-16(22)3-5-17)21(30)27(14)11-8-19(29)24-12-15-6-9-23-10-7-15/h2-7,9-10,13H,8,11-12H2,1H3,(H,24,29). The number of hydrogen-bond donors (Lipinski definition) is 1. The maximum Gasteiger partial charge on any atom is 0.264 e. The second-order valence-electron chi connectivity index (χ2n) is 6.77. The Morgan fingerprint density at radius 1 is 1.13 bits per heavy atom. The monoisotopic (exact) mass is 406 g/mol. The number of rotatable bonds is 6. The summed E-state index contributed by atoms with van der Waals surface area (Å²) in [6.07, 6.45) is 4.91. The van der Waals surface area contributed by atoms with Crippen LogP contribution in [0.2, 0.25) is 0 Å². The van der Waals surface area contributed by atoms with Gasteiger partial charge in [0.2, 0.25) is 5.91 Å². The SMILES string of the molecule is Cc1nc2c(cnn2-c2ccc(F)cc2)c(=O)n1CCC(=O)NCc1ccncc1. The minimum atomic E-state index is -0.357. The van der Waals surface area contributed by atoms with E-state index >= 15 is 0 Å². The van der Waals surface area contributed by atoms with E-state index in [9.17, 15) is 14.0 Å². The summed E-state index contributed by atoms with van der Waals surface area (Å²) >= 11 is 0. The number of aryl methyl sites for hydroxylation is 1. The zero-order chi connectivity index (χ0) is 21.1. The minimum Gasteiger partial charge on any atom is -0.352 e. The smallest absolute Gasteiger partial charge is 0.264 e. The molecule has 0 atom stereocenters. The maximum absolute atomic E-state index is 13.2. The summed E-state index contributed by atoms with van der Waals surface area (Å²) in [5.41, 5.74) is 1.67. The molecule has 1 N–H and O–H groups in total. The van der Waals surface area contributed by atoms with Crippen LogP contribution >= 0.6 is 0 Å². The van der Waals surface area contributed by atoms with Crippen molar-refractivity contribution in [1.29, 1.82) is 0 Å². The van der Waals surface area contributed by atoms with Gasteiger partial charge in [-0.1, -0.05) is 0 Å². The number of hydrogen-bond acceptors (Lipinski definition) is 5. The number of nitrogens with zero attached hydrogens (tertiary/aromatic N) is 5. The Labute approximate surface area is 171 Å². The number of nitrogens with one attached hydrogen (secondary N) is 1. The molecule has 0 spiro atoms. The Morgan fingerprint density at radius 2 is 1.87 bits per heavy atom. The Kier molecular flexibility index (Phi) is 5.34. The van der Waals surface area contributed by atoms with Crippen molar-refractivity contribution in [1.82, 2.24) is 29.6 Å². The molecular weight excluding hydrogens is 387 g/mol. The molecule has 152 valence electrons. The van der Waals surface area contributed by atoms with Crippen LogP contribution in [0, 0.1) is 12.7 Å². The predicted molar refractivity (Wildman–Crippen MR) is 109 cm³/mol. The summed E-state index contributed by atoms with van der Waals surface area (Å²) in [5, 5.41) is 7.39. The third kappa shape index (κ3) is 3.95. The fraction of sp³-hybridized carbons (Fsp3) is 0.190. The highest BCUT2D eigenvalue weighted by Gasteiger charge is 2.15. The van der Waals surface area contributed by atoms with Crippen LogP contribution < -0.4 is 10.9 Å². The van der Waals surface area contributed by atoms with Crippen LogP contribution in [0.25, 0.3) is 16.7 Å². The van der Waals surface area contributed by atoms with E-state index in [4.69, 9.17) is 0 Å². The molecule has 1 aromatic carbocycles. The molecule has 0 saturated heterocycles. The molecule has 4 rings (SSSR count). The molecule has 0 radical (unpaired) electrons. The number of carbonyl (C=O) groups is 1. The van der Waals surface area contributed by atoms with Crippen molar-refractivity contribution in [2.24, 2.45) is 0 Å². The normalized spacial score (nSPS) is 11.0. The van der Waals surface area contributed by atoms with Gasteiger partial charge in [0.15, 0.2) is 5.65 Å². The van der Waals surface area contributed by atoms with Crippen LogP contribution in [0.1, 0.15) is 17.8 Å². The zero-order valence-electron chi connectivity index (χ0n) is 16.2. The number of amides is 1. The summed E-state index contributed by atoms with van der Waals surface area (Å²) < 4.78 is 16.1. The van der Waals surface area contributed by atoms with Gasteiger partial charge in [-0.05, 0) is 48.9 Å². The lowest BCUT2D eigenvalue weighted by Crippen LogP contribution is -2.29. The van der Waals surface area contributed by atoms with Gasteiger partial charge in [-0.15, -0.1) is 0 Å². The van der Waals surface area contributed by atoms with Crippen molar-refractivity contribution in [2.45, 2.75) is 26.4 Å². The van der Waals surface area contributed by atoms with Gasteiger partial charge in [-0.25, -0.2) is 14.1 Å². The number of aromatic nitrogens is 5. The molecule has 0 aliphatic rings. The minimum absolute atomic E-state index is 0.144. The van der Waals surface area contributed by atoms with Crippen molar-refractivity contribution in [3.05, 3.63) is 82.5 Å². The lowest BCUT2D eigenvalue weighted by atomic mass is 10.2. The molecule has 8 nitrogen and oxygen atoms in total. The molecule has 0 unspecified atom stereocenters. The molecular formula is C21H19FN6O2. The third-order valence-corrected chi connectivity index (χ3v) is 4.75. The lowest BCUT2D eigenvalue weighted by molar-refractivity contribution is -0.121. The number of pyridine rings is 1. The molecule has 0 saturated carbocycles. The average molecular weight is 406 g/mol. The topological polar surface area (TPSA) is 94.7 Å². The summed E-state index contributed by atoms with van der Waals surface area (Å²) in [4.78, 5) is 33.5. The van der Waals surface area contributed by atoms with Crippen LogP contribution in [0.4, 0.5) is 4.39 Å². The Balaban J connectivity index is 1.51. The first-order valence-electron chi connectivity index (χ1n) is 9.39. The summed E-state index contributed by atoms with van der Waals surface area (Å²) in [6.45, 7) is 2.31. The van der Waals surface area contributed by atoms with E-state index in [0.717, 1.165) is 5.56 Å². The third-order valence-electron chi connectivity index (χ3n) is 4.75. The van der Waals surface area contributed by atoms with E-state index in [1.807, 2.05) is 12.1 Å². The Bertz CT molecular complexity index is 1250. The Morgan fingerprint density at radius 3 is 2.60 bits per heavy atom. The van der Waals surface area contributed by atoms with Gasteiger partial charge < -0.3 is 5.32 Å². The van der Waals surface area contributed by atoms with Gasteiger partial charge in [0.05, 0.1) is 11.9 Å². The van der Waals surface area contributed by atoms with Crippen molar-refractivity contribution in [3.63, 3.8) is 0 Å². The van der Waals surface area contributed by atoms with Crippen molar-refractivity contribution >= 4 is 16.9 Å². The maximum atomic E-state index is 13.2. The van der Waals surface area contributed by atoms with Crippen molar-refractivity contribution in [3.8, 4) is 5.69 Å². The van der Waals surface area contributed by atoms with Gasteiger partial charge in [0.1, 0.15) is 17.0 Å². The van der Waals surface area contributed by atoms with E-state index < -0.39 is 0 Å². The van der Waals surface area contributed by atoms with Crippen molar-refractivity contribution < 1.29 is 9.18 Å². The summed E-state index contributed by atoms with van der Waals surface area (Å²) in [6, 6.07) is 9.43. The number of fused-ring (bicyclic) bond motifs is 1. The molecule has 0 fully saturated rings. The molecule has 9 heteroatoms. The van der Waals surface area contributed by atoms with Gasteiger partial charge in [-0.2, -0.15) is 5.10 Å². The molecule has 0 bridgehead atoms. The first-order chi connectivity index (χ1) is 14.5. The number of benzene rings is 1. The fourth-order valence-electron chi connectivity index (χ4n) is 3.14. The molecule has 30 heavy (non-hydrogen) atoms. The highest BCUT2D eigenvalue weighted by atomic mass is 19.1. The van der Waals surface area contributed by atoms with Crippen LogP contribution in [0.3, 0.4) is 0 Å². The highest BCUT2D eigenvalue weighted by Crippen LogP contribution is 2.15. The van der Waals surface area contributed by atoms with Gasteiger partial charge in [-0.3, -0.25) is 19.1 Å². The first-order valence-corrected chi connectivity index (χ1v) is 9.39. The molecule has 3 aromatic heterocycles. The number of carbonyl (C=O) groups excluding carboxylic acids is 1. The number of halogens is 1. The van der Waals surface area contributed by atoms with Crippen LogP contribution in [-0.2, 0) is 17.9 Å². The quantitative estimate of drug-likeness (QED) is 0.529. The van der Waals surface area contributed by atoms with Crippen LogP contribution in [0.15, 0.2) is 59.8 Å². The molecule has 4 aromatic rings. The Hall–Kier alpha value is -3.88.